The van der Waals surface area contributed by atoms with Crippen LogP contribution in [0.3, 0.4) is 0 Å². The van der Waals surface area contributed by atoms with Crippen LogP contribution in [0.2, 0.25) is 0 Å². The minimum Gasteiger partial charge on any atom is -0.391 e. The molecule has 0 radical (unpaired) electrons. The van der Waals surface area contributed by atoms with Gasteiger partial charge in [-0.25, -0.2) is 9.67 Å². The summed E-state index contributed by atoms with van der Waals surface area (Å²) >= 11 is 0. The lowest BCUT2D eigenvalue weighted by atomic mass is 9.85. The summed E-state index contributed by atoms with van der Waals surface area (Å²) in [7, 11) is 1.98. The summed E-state index contributed by atoms with van der Waals surface area (Å²) in [5.41, 5.74) is 0.475. The minimum atomic E-state index is -0.728. The van der Waals surface area contributed by atoms with Crippen LogP contribution in [0.25, 0.3) is 0 Å². The van der Waals surface area contributed by atoms with E-state index in [2.05, 4.69) is 25.5 Å². The number of carbonyl (C=O) groups is 2. The second-order valence-electron chi connectivity index (χ2n) is 11.7. The van der Waals surface area contributed by atoms with Crippen molar-refractivity contribution in [2.45, 2.75) is 83.0 Å². The Balaban J connectivity index is 1.26. The van der Waals surface area contributed by atoms with E-state index in [0.29, 0.717) is 5.92 Å². The van der Waals surface area contributed by atoms with E-state index in [1.165, 1.54) is 0 Å². The molecular weight excluding hydrogens is 460 g/mol. The molecule has 2 aromatic heterocycles. The fourth-order valence-electron chi connectivity index (χ4n) is 5.51. The molecular formula is C25H38N8O3. The lowest BCUT2D eigenvalue weighted by molar-refractivity contribution is -0.144. The predicted octanol–water partition coefficient (Wildman–Crippen LogP) is 1.22. The molecule has 3 aliphatic rings. The number of anilines is 1. The number of likely N-dealkylation sites (tertiary alicyclic amines) is 1. The number of aliphatic hydroxyl groups excluding tert-OH is 1. The van der Waals surface area contributed by atoms with Crippen molar-refractivity contribution in [2.75, 3.05) is 24.5 Å². The summed E-state index contributed by atoms with van der Waals surface area (Å²) in [5, 5.41) is 22.2. The van der Waals surface area contributed by atoms with Crippen LogP contribution in [-0.2, 0) is 16.6 Å². The van der Waals surface area contributed by atoms with Gasteiger partial charge in [-0.05, 0) is 31.1 Å². The van der Waals surface area contributed by atoms with E-state index in [1.807, 2.05) is 44.8 Å². The summed E-state index contributed by atoms with van der Waals surface area (Å²) in [6.45, 7) is 7.72. The number of carbonyl (C=O) groups excluding carboxylic acids is 2. The number of aryl methyl sites for hydroxylation is 1. The maximum Gasteiger partial charge on any atom is 0.248 e. The van der Waals surface area contributed by atoms with Gasteiger partial charge < -0.3 is 24.8 Å². The number of β-amino-alcohol motifs (C(OH)–C–C–N with tert-alkyl or cyclic N) is 1. The summed E-state index contributed by atoms with van der Waals surface area (Å²) in [6, 6.07) is -1.28. The van der Waals surface area contributed by atoms with E-state index in [9.17, 15) is 14.7 Å². The topological polar surface area (TPSA) is 121 Å². The third-order valence-electron chi connectivity index (χ3n) is 7.63. The van der Waals surface area contributed by atoms with Gasteiger partial charge in [0.2, 0.25) is 17.8 Å². The summed E-state index contributed by atoms with van der Waals surface area (Å²) in [6.07, 6.45) is 8.92. The van der Waals surface area contributed by atoms with Crippen LogP contribution in [0.1, 0.15) is 70.5 Å². The largest absolute Gasteiger partial charge is 0.391 e. The molecule has 11 heteroatoms. The highest BCUT2D eigenvalue weighted by Crippen LogP contribution is 2.40. The molecule has 2 amide bonds. The maximum absolute atomic E-state index is 13.9. The van der Waals surface area contributed by atoms with E-state index < -0.39 is 23.6 Å². The Bertz CT molecular complexity index is 1090. The van der Waals surface area contributed by atoms with Gasteiger partial charge in [-0.3, -0.25) is 9.59 Å². The molecule has 5 rings (SSSR count). The third kappa shape index (κ3) is 4.98. The van der Waals surface area contributed by atoms with Crippen molar-refractivity contribution in [3.05, 3.63) is 24.3 Å². The average Bonchev–Trinajstić information content (AvgIpc) is 3.20. The maximum atomic E-state index is 13.9. The van der Waals surface area contributed by atoms with Crippen LogP contribution >= 0.6 is 0 Å². The second kappa shape index (κ2) is 9.49. The molecule has 2 aliphatic heterocycles. The van der Waals surface area contributed by atoms with Gasteiger partial charge in [0.1, 0.15) is 12.1 Å². The molecule has 0 aromatic carbocycles. The van der Waals surface area contributed by atoms with Crippen molar-refractivity contribution in [3.63, 3.8) is 0 Å². The molecule has 0 bridgehead atoms. The van der Waals surface area contributed by atoms with E-state index in [0.717, 1.165) is 50.4 Å². The monoisotopic (exact) mass is 498 g/mol. The Morgan fingerprint density at radius 2 is 1.89 bits per heavy atom. The van der Waals surface area contributed by atoms with E-state index in [4.69, 9.17) is 0 Å². The lowest BCUT2D eigenvalue weighted by Gasteiger charge is -2.36. The first kappa shape index (κ1) is 24.7. The zero-order chi connectivity index (χ0) is 25.6. The smallest absolute Gasteiger partial charge is 0.248 e. The molecule has 2 aromatic rings. The van der Waals surface area contributed by atoms with Gasteiger partial charge in [0.25, 0.3) is 0 Å². The van der Waals surface area contributed by atoms with Gasteiger partial charge in [-0.15, -0.1) is 5.10 Å². The van der Waals surface area contributed by atoms with Gasteiger partial charge >= 0.3 is 0 Å². The first-order chi connectivity index (χ1) is 17.1. The van der Waals surface area contributed by atoms with Crippen molar-refractivity contribution in [2.24, 2.45) is 12.5 Å². The van der Waals surface area contributed by atoms with Crippen LogP contribution in [-0.4, -0.2) is 84.2 Å². The highest BCUT2D eigenvalue weighted by molar-refractivity contribution is 5.90. The molecule has 2 saturated heterocycles. The SMILES string of the molecule is Cn1ccnc1N1CCC(NC(=O)[C@@H]2C[C@@H](O)CN2C(=O)[C@@H](n2cc(C3CC3)nn2)C(C)(C)C)CC1. The average molecular weight is 499 g/mol. The van der Waals surface area contributed by atoms with Crippen molar-refractivity contribution in [1.82, 2.24) is 34.8 Å². The molecule has 36 heavy (non-hydrogen) atoms. The van der Waals surface area contributed by atoms with E-state index in [1.54, 1.807) is 15.8 Å². The van der Waals surface area contributed by atoms with Gasteiger partial charge in [0.15, 0.2) is 0 Å². The number of rotatable bonds is 6. The van der Waals surface area contributed by atoms with Crippen LogP contribution in [0, 0.1) is 5.41 Å². The zero-order valence-electron chi connectivity index (χ0n) is 21.7. The number of aliphatic hydroxyl groups is 1. The number of imidazole rings is 1. The molecule has 3 atom stereocenters. The number of amides is 2. The molecule has 4 heterocycles. The van der Waals surface area contributed by atoms with Crippen LogP contribution < -0.4 is 10.2 Å². The van der Waals surface area contributed by atoms with Gasteiger partial charge in [0.05, 0.1) is 11.8 Å². The minimum absolute atomic E-state index is 0.0264. The molecule has 3 fully saturated rings. The van der Waals surface area contributed by atoms with Crippen molar-refractivity contribution in [3.8, 4) is 0 Å². The number of nitrogens with zero attached hydrogens (tertiary/aromatic N) is 7. The van der Waals surface area contributed by atoms with Crippen LogP contribution in [0.4, 0.5) is 5.95 Å². The van der Waals surface area contributed by atoms with E-state index >= 15 is 0 Å². The summed E-state index contributed by atoms with van der Waals surface area (Å²) in [5.74, 6) is 0.975. The van der Waals surface area contributed by atoms with Gasteiger partial charge in [-0.2, -0.15) is 0 Å². The van der Waals surface area contributed by atoms with Gasteiger partial charge in [0, 0.05) is 63.7 Å². The van der Waals surface area contributed by atoms with Gasteiger partial charge in [-0.1, -0.05) is 26.0 Å². The van der Waals surface area contributed by atoms with Crippen molar-refractivity contribution < 1.29 is 14.7 Å². The predicted molar refractivity (Wildman–Crippen MR) is 133 cm³/mol. The van der Waals surface area contributed by atoms with Crippen LogP contribution in [0.5, 0.6) is 0 Å². The standard InChI is InChI=1S/C25H38N8O3/c1-25(2,3)21(33-15-19(28-29-33)16-5-6-16)23(36)32-14-18(34)13-20(32)22(35)27-17-7-10-31(11-8-17)24-26-9-12-30(24)4/h9,12,15-18,20-21,34H,5-8,10-11,13-14H2,1-4H3,(H,27,35)/t18-,20+,21-/m1/s1. The Labute approximate surface area is 211 Å². The molecule has 196 valence electrons. The van der Waals surface area contributed by atoms with Crippen LogP contribution in [0.15, 0.2) is 18.6 Å². The number of hydrogen-bond acceptors (Lipinski definition) is 7. The Morgan fingerprint density at radius 1 is 1.17 bits per heavy atom. The first-order valence-corrected chi connectivity index (χ1v) is 13.0. The Kier molecular flexibility index (Phi) is 6.52. The first-order valence-electron chi connectivity index (χ1n) is 13.0. The Morgan fingerprint density at radius 3 is 2.50 bits per heavy atom. The third-order valence-corrected chi connectivity index (χ3v) is 7.63. The van der Waals surface area contributed by atoms with Crippen molar-refractivity contribution in [1.29, 1.82) is 0 Å². The molecule has 0 spiro atoms. The highest BCUT2D eigenvalue weighted by Gasteiger charge is 2.45. The fraction of sp³-hybridized carbons (Fsp3) is 0.720. The highest BCUT2D eigenvalue weighted by atomic mass is 16.3. The number of piperidine rings is 1. The summed E-state index contributed by atoms with van der Waals surface area (Å²) in [4.78, 5) is 35.4. The summed E-state index contributed by atoms with van der Waals surface area (Å²) < 4.78 is 3.65. The number of nitrogens with one attached hydrogen (secondary N) is 1. The fourth-order valence-corrected chi connectivity index (χ4v) is 5.51. The lowest BCUT2D eigenvalue weighted by Crippen LogP contribution is -2.53. The van der Waals surface area contributed by atoms with Crippen molar-refractivity contribution >= 4 is 17.8 Å². The molecule has 1 aliphatic carbocycles. The number of aromatic nitrogens is 5. The number of hydrogen-bond donors (Lipinski definition) is 2. The normalized spacial score (nSPS) is 24.2. The second-order valence-corrected chi connectivity index (χ2v) is 11.7. The molecule has 1 saturated carbocycles. The Hall–Kier alpha value is -2.95. The molecule has 11 nitrogen and oxygen atoms in total. The van der Waals surface area contributed by atoms with E-state index in [-0.39, 0.29) is 30.8 Å². The molecule has 2 N–H and O–H groups in total. The quantitative estimate of drug-likeness (QED) is 0.614. The zero-order valence-corrected chi connectivity index (χ0v) is 21.7. The molecule has 0 unspecified atom stereocenters.